The van der Waals surface area contributed by atoms with Crippen LogP contribution in [0.4, 0.5) is 4.79 Å². The van der Waals surface area contributed by atoms with Crippen LogP contribution in [-0.4, -0.2) is 85.7 Å². The van der Waals surface area contributed by atoms with E-state index >= 15 is 0 Å². The summed E-state index contributed by atoms with van der Waals surface area (Å²) in [6.07, 6.45) is 3.05. The zero-order valence-corrected chi connectivity index (χ0v) is 16.8. The lowest BCUT2D eigenvalue weighted by molar-refractivity contribution is -0.131. The Kier molecular flexibility index (Phi) is 7.68. The summed E-state index contributed by atoms with van der Waals surface area (Å²) in [4.78, 5) is 30.9. The first-order valence-electron chi connectivity index (χ1n) is 10.2. The maximum Gasteiger partial charge on any atom is 0.317 e. The van der Waals surface area contributed by atoms with Gasteiger partial charge in [-0.05, 0) is 31.4 Å². The molecular weight excluding hydrogens is 356 g/mol. The van der Waals surface area contributed by atoms with Crippen LogP contribution in [0, 0.1) is 0 Å². The summed E-state index contributed by atoms with van der Waals surface area (Å²) in [6, 6.07) is 10.7. The molecule has 0 spiro atoms. The molecule has 2 aliphatic heterocycles. The Bertz CT molecular complexity index is 640. The Morgan fingerprint density at radius 2 is 2.00 bits per heavy atom. The van der Waals surface area contributed by atoms with E-state index < -0.39 is 0 Å². The molecule has 2 saturated heterocycles. The first-order chi connectivity index (χ1) is 13.7. The molecule has 1 aromatic carbocycles. The van der Waals surface area contributed by atoms with E-state index in [1.807, 2.05) is 6.07 Å². The summed E-state index contributed by atoms with van der Waals surface area (Å²) < 4.78 is 5.06. The Labute approximate surface area is 167 Å². The highest BCUT2D eigenvalue weighted by Gasteiger charge is 2.28. The molecule has 28 heavy (non-hydrogen) atoms. The van der Waals surface area contributed by atoms with Gasteiger partial charge in [-0.2, -0.15) is 0 Å². The summed E-state index contributed by atoms with van der Waals surface area (Å²) >= 11 is 0. The lowest BCUT2D eigenvalue weighted by Crippen LogP contribution is -2.48. The number of carbonyl (C=O) groups excluding carboxylic acids is 2. The molecule has 0 saturated carbocycles. The molecule has 2 heterocycles. The van der Waals surface area contributed by atoms with Crippen molar-refractivity contribution in [2.75, 3.05) is 53.0 Å². The molecule has 3 amide bonds. The van der Waals surface area contributed by atoms with Crippen LogP contribution in [0.25, 0.3) is 0 Å². The van der Waals surface area contributed by atoms with Gasteiger partial charge in [-0.25, -0.2) is 4.79 Å². The molecular formula is C21H32N4O3. The smallest absolute Gasteiger partial charge is 0.317 e. The molecule has 0 bridgehead atoms. The van der Waals surface area contributed by atoms with Crippen LogP contribution < -0.4 is 5.32 Å². The van der Waals surface area contributed by atoms with Crippen LogP contribution in [0.3, 0.4) is 0 Å². The summed E-state index contributed by atoms with van der Waals surface area (Å²) in [5.74, 6) is -0.00345. The van der Waals surface area contributed by atoms with E-state index in [0.29, 0.717) is 38.8 Å². The molecule has 1 N–H and O–H groups in total. The van der Waals surface area contributed by atoms with Gasteiger partial charge in [0.1, 0.15) is 6.54 Å². The largest absolute Gasteiger partial charge is 0.383 e. The number of rotatable bonds is 7. The maximum atomic E-state index is 12.6. The fourth-order valence-electron chi connectivity index (χ4n) is 4.00. The van der Waals surface area contributed by atoms with Gasteiger partial charge in [0.15, 0.2) is 0 Å². The number of amides is 3. The normalized spacial score (nSPS) is 21.0. The third kappa shape index (κ3) is 5.69. The lowest BCUT2D eigenvalue weighted by Gasteiger charge is -2.27. The Morgan fingerprint density at radius 1 is 1.18 bits per heavy atom. The van der Waals surface area contributed by atoms with Crippen molar-refractivity contribution in [2.45, 2.75) is 31.8 Å². The Morgan fingerprint density at radius 3 is 2.79 bits per heavy atom. The van der Waals surface area contributed by atoms with E-state index in [0.717, 1.165) is 32.4 Å². The second kappa shape index (κ2) is 10.4. The Hall–Kier alpha value is -2.12. The quantitative estimate of drug-likeness (QED) is 0.770. The number of benzene rings is 1. The number of nitrogens with zero attached hydrogens (tertiary/aromatic N) is 3. The standard InChI is InChI=1S/C21H32N4O3/c1-28-14-13-23-11-6-12-25(17-20(23)26)21(27)22-15-19-9-5-10-24(19)16-18-7-3-2-4-8-18/h2-4,7-8,19H,5-6,9-17H2,1H3,(H,22,27). The molecule has 1 aromatic rings. The van der Waals surface area contributed by atoms with Crippen LogP contribution in [0.5, 0.6) is 0 Å². The van der Waals surface area contributed by atoms with E-state index in [1.165, 1.54) is 5.56 Å². The average Bonchev–Trinajstić information content (AvgIpc) is 3.06. The van der Waals surface area contributed by atoms with Gasteiger partial charge in [0, 0.05) is 45.9 Å². The molecule has 1 unspecified atom stereocenters. The van der Waals surface area contributed by atoms with E-state index in [-0.39, 0.29) is 18.5 Å². The SMILES string of the molecule is COCCN1CCCN(C(=O)NCC2CCCN2Cc2ccccc2)CC1=O. The van der Waals surface area contributed by atoms with Gasteiger partial charge in [0.2, 0.25) is 5.91 Å². The molecule has 1 atom stereocenters. The molecule has 2 fully saturated rings. The van der Waals surface area contributed by atoms with Crippen molar-refractivity contribution in [1.29, 1.82) is 0 Å². The molecule has 0 aliphatic carbocycles. The minimum absolute atomic E-state index is 0.00345. The number of hydrogen-bond donors (Lipinski definition) is 1. The fraction of sp³-hybridized carbons (Fsp3) is 0.619. The summed E-state index contributed by atoms with van der Waals surface area (Å²) in [5, 5.41) is 3.07. The van der Waals surface area contributed by atoms with Crippen molar-refractivity contribution in [3.63, 3.8) is 0 Å². The first kappa shape index (κ1) is 20.6. The van der Waals surface area contributed by atoms with Gasteiger partial charge in [0.25, 0.3) is 0 Å². The minimum atomic E-state index is -0.131. The van der Waals surface area contributed by atoms with Gasteiger partial charge in [-0.15, -0.1) is 0 Å². The molecule has 154 valence electrons. The number of ether oxygens (including phenoxy) is 1. The van der Waals surface area contributed by atoms with Crippen molar-refractivity contribution in [1.82, 2.24) is 20.0 Å². The topological polar surface area (TPSA) is 65.1 Å². The fourth-order valence-corrected chi connectivity index (χ4v) is 4.00. The average molecular weight is 389 g/mol. The zero-order chi connectivity index (χ0) is 19.8. The van der Waals surface area contributed by atoms with E-state index in [1.54, 1.807) is 16.9 Å². The number of methoxy groups -OCH3 is 1. The number of nitrogens with one attached hydrogen (secondary N) is 1. The van der Waals surface area contributed by atoms with Crippen molar-refractivity contribution in [3.05, 3.63) is 35.9 Å². The monoisotopic (exact) mass is 388 g/mol. The highest BCUT2D eigenvalue weighted by Crippen LogP contribution is 2.19. The van der Waals surface area contributed by atoms with Gasteiger partial charge in [-0.3, -0.25) is 9.69 Å². The predicted octanol–water partition coefficient (Wildman–Crippen LogP) is 1.54. The number of urea groups is 1. The molecule has 2 aliphatic rings. The number of carbonyl (C=O) groups is 2. The predicted molar refractivity (Wildman–Crippen MR) is 108 cm³/mol. The van der Waals surface area contributed by atoms with Gasteiger partial charge in [0.05, 0.1) is 6.61 Å². The van der Waals surface area contributed by atoms with Crippen molar-refractivity contribution in [2.24, 2.45) is 0 Å². The lowest BCUT2D eigenvalue weighted by atomic mass is 10.2. The third-order valence-electron chi connectivity index (χ3n) is 5.60. The number of likely N-dealkylation sites (tertiary alicyclic amines) is 1. The summed E-state index contributed by atoms with van der Waals surface area (Å²) in [6.45, 7) is 5.15. The van der Waals surface area contributed by atoms with E-state index in [2.05, 4.69) is 34.5 Å². The van der Waals surface area contributed by atoms with E-state index in [9.17, 15) is 9.59 Å². The third-order valence-corrected chi connectivity index (χ3v) is 5.60. The summed E-state index contributed by atoms with van der Waals surface area (Å²) in [7, 11) is 1.63. The van der Waals surface area contributed by atoms with Crippen LogP contribution in [0.2, 0.25) is 0 Å². The summed E-state index contributed by atoms with van der Waals surface area (Å²) in [5.41, 5.74) is 1.30. The molecule has 0 aromatic heterocycles. The van der Waals surface area contributed by atoms with Gasteiger partial charge < -0.3 is 19.9 Å². The molecule has 3 rings (SSSR count). The minimum Gasteiger partial charge on any atom is -0.383 e. The van der Waals surface area contributed by atoms with Gasteiger partial charge in [-0.1, -0.05) is 30.3 Å². The highest BCUT2D eigenvalue weighted by molar-refractivity contribution is 5.84. The molecule has 7 heteroatoms. The molecule has 0 radical (unpaired) electrons. The second-order valence-corrected chi connectivity index (χ2v) is 7.59. The second-order valence-electron chi connectivity index (χ2n) is 7.59. The van der Waals surface area contributed by atoms with Crippen LogP contribution >= 0.6 is 0 Å². The zero-order valence-electron chi connectivity index (χ0n) is 16.8. The molecule has 7 nitrogen and oxygen atoms in total. The van der Waals surface area contributed by atoms with Crippen molar-refractivity contribution >= 4 is 11.9 Å². The maximum absolute atomic E-state index is 12.6. The van der Waals surface area contributed by atoms with E-state index in [4.69, 9.17) is 4.74 Å². The highest BCUT2D eigenvalue weighted by atomic mass is 16.5. The number of hydrogen-bond acceptors (Lipinski definition) is 4. The van der Waals surface area contributed by atoms with Gasteiger partial charge >= 0.3 is 6.03 Å². The van der Waals surface area contributed by atoms with Crippen LogP contribution in [0.1, 0.15) is 24.8 Å². The van der Waals surface area contributed by atoms with Crippen molar-refractivity contribution < 1.29 is 14.3 Å². The Balaban J connectivity index is 1.47. The van der Waals surface area contributed by atoms with Crippen molar-refractivity contribution in [3.8, 4) is 0 Å². The first-order valence-corrected chi connectivity index (χ1v) is 10.2. The van der Waals surface area contributed by atoms with Crippen LogP contribution in [0.15, 0.2) is 30.3 Å². The van der Waals surface area contributed by atoms with Crippen LogP contribution in [-0.2, 0) is 16.1 Å².